The second-order valence-electron chi connectivity index (χ2n) is 6.09. The first-order valence-corrected chi connectivity index (χ1v) is 8.37. The maximum absolute atomic E-state index is 13.5. The molecule has 0 saturated heterocycles. The molecule has 1 aromatic heterocycles. The van der Waals surface area contributed by atoms with E-state index in [0.717, 1.165) is 5.56 Å². The minimum atomic E-state index is -0.423. The molecule has 1 heterocycles. The number of halogens is 1. The minimum Gasteiger partial charge on any atom is -0.508 e. The molecule has 0 aliphatic rings. The lowest BCUT2D eigenvalue weighted by Crippen LogP contribution is -2.05. The van der Waals surface area contributed by atoms with Crippen LogP contribution in [0.5, 0.6) is 11.5 Å². The van der Waals surface area contributed by atoms with Gasteiger partial charge in [0.2, 0.25) is 0 Å². The Labute approximate surface area is 154 Å². The highest BCUT2D eigenvalue weighted by atomic mass is 19.1. The van der Waals surface area contributed by atoms with Crippen molar-refractivity contribution in [2.75, 3.05) is 5.32 Å². The molecular formula is C21H16FN3O2. The summed E-state index contributed by atoms with van der Waals surface area (Å²) in [5.74, 6) is 0.195. The molecule has 0 radical (unpaired) electrons. The lowest BCUT2D eigenvalue weighted by Gasteiger charge is -2.13. The second kappa shape index (κ2) is 6.92. The number of fused-ring (bicyclic) bond motifs is 1. The highest BCUT2D eigenvalue weighted by Crippen LogP contribution is 2.29. The van der Waals surface area contributed by atoms with Crippen LogP contribution in [0.25, 0.3) is 22.3 Å². The molecule has 0 aliphatic heterocycles. The van der Waals surface area contributed by atoms with E-state index in [9.17, 15) is 14.6 Å². The molecule has 3 aromatic carbocycles. The summed E-state index contributed by atoms with van der Waals surface area (Å²) >= 11 is 0. The number of benzene rings is 3. The zero-order valence-electron chi connectivity index (χ0n) is 14.2. The third-order valence-electron chi connectivity index (χ3n) is 4.18. The van der Waals surface area contributed by atoms with Gasteiger partial charge >= 0.3 is 0 Å². The van der Waals surface area contributed by atoms with Crippen molar-refractivity contribution in [2.45, 2.75) is 6.54 Å². The monoisotopic (exact) mass is 361 g/mol. The molecule has 0 bridgehead atoms. The molecule has 0 amide bonds. The van der Waals surface area contributed by atoms with Crippen molar-refractivity contribution in [1.82, 2.24) is 9.97 Å². The number of rotatable bonds is 4. The number of phenols is 2. The standard InChI is InChI=1S/C21H16FN3O2/c22-15-6-9-19(27)14(10-15)12-23-21-20(13-4-2-1-3-5-13)24-18-11-16(26)7-8-17(18)25-21/h1-11,26-27H,12H2,(H,23,25). The summed E-state index contributed by atoms with van der Waals surface area (Å²) in [6.45, 7) is 0.182. The topological polar surface area (TPSA) is 78.3 Å². The number of anilines is 1. The van der Waals surface area contributed by atoms with Crippen LogP contribution in [-0.2, 0) is 6.54 Å². The zero-order chi connectivity index (χ0) is 18.8. The van der Waals surface area contributed by atoms with Gasteiger partial charge in [-0.3, -0.25) is 0 Å². The Morgan fingerprint density at radius 3 is 2.48 bits per heavy atom. The molecule has 0 unspecified atom stereocenters. The first-order valence-electron chi connectivity index (χ1n) is 8.37. The smallest absolute Gasteiger partial charge is 0.153 e. The van der Waals surface area contributed by atoms with Crippen LogP contribution >= 0.6 is 0 Å². The highest BCUT2D eigenvalue weighted by molar-refractivity contribution is 5.84. The maximum atomic E-state index is 13.5. The van der Waals surface area contributed by atoms with Gasteiger partial charge in [0, 0.05) is 23.7 Å². The van der Waals surface area contributed by atoms with Crippen LogP contribution in [0.4, 0.5) is 10.2 Å². The minimum absolute atomic E-state index is 0.00355. The number of aromatic nitrogens is 2. The van der Waals surface area contributed by atoms with Gasteiger partial charge in [-0.25, -0.2) is 14.4 Å². The van der Waals surface area contributed by atoms with Gasteiger partial charge in [0.05, 0.1) is 11.0 Å². The number of nitrogens with zero attached hydrogens (tertiary/aromatic N) is 2. The van der Waals surface area contributed by atoms with E-state index in [2.05, 4.69) is 15.3 Å². The van der Waals surface area contributed by atoms with Crippen molar-refractivity contribution in [2.24, 2.45) is 0 Å². The van der Waals surface area contributed by atoms with Crippen molar-refractivity contribution in [1.29, 1.82) is 0 Å². The average molecular weight is 361 g/mol. The third kappa shape index (κ3) is 3.50. The molecule has 3 N–H and O–H groups in total. The van der Waals surface area contributed by atoms with Crippen molar-refractivity contribution < 1.29 is 14.6 Å². The van der Waals surface area contributed by atoms with Gasteiger partial charge in [0.15, 0.2) is 5.82 Å². The average Bonchev–Trinajstić information content (AvgIpc) is 2.68. The Bertz CT molecular complexity index is 1120. The van der Waals surface area contributed by atoms with Crippen LogP contribution in [0, 0.1) is 5.82 Å². The molecule has 134 valence electrons. The summed E-state index contributed by atoms with van der Waals surface area (Å²) in [5, 5.41) is 22.8. The van der Waals surface area contributed by atoms with Crippen LogP contribution in [0.15, 0.2) is 66.7 Å². The Morgan fingerprint density at radius 1 is 0.852 bits per heavy atom. The molecule has 5 nitrogen and oxygen atoms in total. The van der Waals surface area contributed by atoms with Crippen LogP contribution < -0.4 is 5.32 Å². The Kier molecular flexibility index (Phi) is 4.30. The summed E-state index contributed by atoms with van der Waals surface area (Å²) in [4.78, 5) is 9.24. The Hall–Kier alpha value is -3.67. The van der Waals surface area contributed by atoms with Crippen molar-refractivity contribution in [3.8, 4) is 22.8 Å². The fourth-order valence-electron chi connectivity index (χ4n) is 2.84. The predicted octanol–water partition coefficient (Wildman–Crippen LogP) is 4.46. The molecule has 6 heteroatoms. The third-order valence-corrected chi connectivity index (χ3v) is 4.18. The number of phenolic OH excluding ortho intramolecular Hbond substituents is 2. The molecule has 0 saturated carbocycles. The second-order valence-corrected chi connectivity index (χ2v) is 6.09. The first kappa shape index (κ1) is 16.8. The number of nitrogens with one attached hydrogen (secondary N) is 1. The van der Waals surface area contributed by atoms with Crippen molar-refractivity contribution in [3.63, 3.8) is 0 Å². The fourth-order valence-corrected chi connectivity index (χ4v) is 2.84. The first-order chi connectivity index (χ1) is 13.1. The van der Waals surface area contributed by atoms with E-state index in [0.29, 0.717) is 28.1 Å². The van der Waals surface area contributed by atoms with E-state index < -0.39 is 5.82 Å². The number of hydrogen-bond acceptors (Lipinski definition) is 5. The van der Waals surface area contributed by atoms with Gasteiger partial charge in [-0.05, 0) is 30.3 Å². The van der Waals surface area contributed by atoms with E-state index in [-0.39, 0.29) is 18.0 Å². The molecule has 0 spiro atoms. The summed E-state index contributed by atoms with van der Waals surface area (Å²) in [6, 6.07) is 18.1. The quantitative estimate of drug-likeness (QED) is 0.500. The van der Waals surface area contributed by atoms with E-state index in [1.807, 2.05) is 30.3 Å². The van der Waals surface area contributed by atoms with E-state index in [4.69, 9.17) is 0 Å². The number of aromatic hydroxyl groups is 2. The SMILES string of the molecule is Oc1ccc2nc(NCc3cc(F)ccc3O)c(-c3ccccc3)nc2c1. The van der Waals surface area contributed by atoms with Gasteiger partial charge in [-0.2, -0.15) is 0 Å². The molecule has 4 rings (SSSR count). The molecule has 27 heavy (non-hydrogen) atoms. The van der Waals surface area contributed by atoms with Crippen molar-refractivity contribution >= 4 is 16.9 Å². The van der Waals surface area contributed by atoms with E-state index >= 15 is 0 Å². The predicted molar refractivity (Wildman–Crippen MR) is 102 cm³/mol. The van der Waals surface area contributed by atoms with Gasteiger partial charge in [-0.15, -0.1) is 0 Å². The van der Waals surface area contributed by atoms with E-state index in [1.165, 1.54) is 18.2 Å². The molecule has 0 aliphatic carbocycles. The summed E-state index contributed by atoms with van der Waals surface area (Å²) in [7, 11) is 0. The van der Waals surface area contributed by atoms with Crippen LogP contribution in [0.2, 0.25) is 0 Å². The lowest BCUT2D eigenvalue weighted by molar-refractivity contribution is 0.466. The van der Waals surface area contributed by atoms with Gasteiger partial charge < -0.3 is 15.5 Å². The van der Waals surface area contributed by atoms with Crippen molar-refractivity contribution in [3.05, 3.63) is 78.1 Å². The van der Waals surface area contributed by atoms with Gasteiger partial charge in [0.25, 0.3) is 0 Å². The molecule has 0 fully saturated rings. The largest absolute Gasteiger partial charge is 0.508 e. The van der Waals surface area contributed by atoms with Crippen LogP contribution in [0.1, 0.15) is 5.56 Å². The Morgan fingerprint density at radius 2 is 1.67 bits per heavy atom. The van der Waals surface area contributed by atoms with Crippen LogP contribution in [0.3, 0.4) is 0 Å². The van der Waals surface area contributed by atoms with Gasteiger partial charge in [0.1, 0.15) is 23.0 Å². The van der Waals surface area contributed by atoms with E-state index in [1.54, 1.807) is 18.2 Å². The molecule has 0 atom stereocenters. The Balaban J connectivity index is 1.78. The zero-order valence-corrected chi connectivity index (χ0v) is 14.2. The molecular weight excluding hydrogens is 345 g/mol. The summed E-state index contributed by atoms with van der Waals surface area (Å²) < 4.78 is 13.5. The fraction of sp³-hybridized carbons (Fsp3) is 0.0476. The highest BCUT2D eigenvalue weighted by Gasteiger charge is 2.12. The maximum Gasteiger partial charge on any atom is 0.153 e. The van der Waals surface area contributed by atoms with Crippen LogP contribution in [-0.4, -0.2) is 20.2 Å². The lowest BCUT2D eigenvalue weighted by atomic mass is 10.1. The van der Waals surface area contributed by atoms with Gasteiger partial charge in [-0.1, -0.05) is 30.3 Å². The normalized spacial score (nSPS) is 10.9. The summed E-state index contributed by atoms with van der Waals surface area (Å²) in [5.41, 5.74) is 3.04. The molecule has 4 aromatic rings. The number of hydrogen-bond donors (Lipinski definition) is 3. The summed E-state index contributed by atoms with van der Waals surface area (Å²) in [6.07, 6.45) is 0.